The Hall–Kier alpha value is -2.96. The lowest BCUT2D eigenvalue weighted by molar-refractivity contribution is -0.122. The maximum Gasteiger partial charge on any atom is 0.263 e. The lowest BCUT2D eigenvalue weighted by atomic mass is 10.0. The van der Waals surface area contributed by atoms with Gasteiger partial charge in [0, 0.05) is 18.0 Å². The predicted octanol–water partition coefficient (Wildman–Crippen LogP) is 2.14. The molecule has 0 saturated carbocycles. The van der Waals surface area contributed by atoms with Crippen molar-refractivity contribution in [2.75, 3.05) is 26.2 Å². The van der Waals surface area contributed by atoms with E-state index in [2.05, 4.69) is 17.2 Å². The van der Waals surface area contributed by atoms with E-state index < -0.39 is 21.5 Å². The van der Waals surface area contributed by atoms with Crippen LogP contribution in [0.15, 0.2) is 40.3 Å². The van der Waals surface area contributed by atoms with Crippen LogP contribution in [0.1, 0.15) is 24.6 Å². The van der Waals surface area contributed by atoms with Crippen LogP contribution in [0, 0.1) is 12.8 Å². The minimum atomic E-state index is -3.86. The molecule has 2 aromatic heterocycles. The highest BCUT2D eigenvalue weighted by atomic mass is 32.2. The van der Waals surface area contributed by atoms with E-state index in [1.807, 2.05) is 18.2 Å². The normalized spacial score (nSPS) is 18.9. The average Bonchev–Trinajstić information content (AvgIpc) is 3.22. The van der Waals surface area contributed by atoms with Gasteiger partial charge in [0.25, 0.3) is 5.56 Å². The van der Waals surface area contributed by atoms with Crippen molar-refractivity contribution in [2.24, 2.45) is 5.92 Å². The van der Waals surface area contributed by atoms with E-state index in [1.165, 1.54) is 22.0 Å². The van der Waals surface area contributed by atoms with Gasteiger partial charge in [0.2, 0.25) is 15.9 Å². The summed E-state index contributed by atoms with van der Waals surface area (Å²) in [6.07, 6.45) is 2.48. The van der Waals surface area contributed by atoms with Crippen LogP contribution in [0.5, 0.6) is 11.5 Å². The topological polar surface area (TPSA) is 120 Å². The van der Waals surface area contributed by atoms with Crippen molar-refractivity contribution in [3.8, 4) is 11.5 Å². The number of hydrogen-bond donors (Lipinski definition) is 1. The van der Waals surface area contributed by atoms with Gasteiger partial charge in [-0.3, -0.25) is 14.2 Å². The molecule has 4 heterocycles. The second-order valence-corrected chi connectivity index (χ2v) is 12.3. The van der Waals surface area contributed by atoms with E-state index in [1.54, 1.807) is 13.0 Å². The van der Waals surface area contributed by atoms with Crippen LogP contribution in [0.2, 0.25) is 0 Å². The molecule has 192 valence electrons. The van der Waals surface area contributed by atoms with E-state index in [0.29, 0.717) is 40.2 Å². The van der Waals surface area contributed by atoms with Crippen LogP contribution in [-0.2, 0) is 21.4 Å². The molecule has 2 aliphatic rings. The zero-order valence-corrected chi connectivity index (χ0v) is 21.7. The van der Waals surface area contributed by atoms with E-state index >= 15 is 0 Å². The molecule has 1 fully saturated rings. The number of aryl methyl sites for hydroxylation is 1. The Bertz CT molecular complexity index is 1460. The van der Waals surface area contributed by atoms with E-state index in [4.69, 9.17) is 9.47 Å². The molecule has 1 aromatic carbocycles. The maximum absolute atomic E-state index is 13.5. The molecule has 3 aromatic rings. The van der Waals surface area contributed by atoms with Crippen molar-refractivity contribution in [3.63, 3.8) is 0 Å². The quantitative estimate of drug-likeness (QED) is 0.517. The molecular weight excluding hydrogens is 504 g/mol. The highest BCUT2D eigenvalue weighted by molar-refractivity contribution is 7.89. The van der Waals surface area contributed by atoms with Gasteiger partial charge in [-0.1, -0.05) is 19.1 Å². The van der Waals surface area contributed by atoms with Crippen LogP contribution in [0.3, 0.4) is 0 Å². The number of carbonyl (C=O) groups is 1. The molecule has 1 amide bonds. The molecule has 0 spiro atoms. The van der Waals surface area contributed by atoms with Crippen LogP contribution >= 0.6 is 11.3 Å². The first kappa shape index (κ1) is 24.7. The van der Waals surface area contributed by atoms with Crippen LogP contribution in [0.25, 0.3) is 10.2 Å². The largest absolute Gasteiger partial charge is 0.486 e. The summed E-state index contributed by atoms with van der Waals surface area (Å²) >= 11 is 1.17. The van der Waals surface area contributed by atoms with Gasteiger partial charge < -0.3 is 14.8 Å². The van der Waals surface area contributed by atoms with Crippen molar-refractivity contribution in [2.45, 2.75) is 44.2 Å². The summed E-state index contributed by atoms with van der Waals surface area (Å²) in [5.74, 6) is 1.32. The van der Waals surface area contributed by atoms with E-state index in [0.717, 1.165) is 17.4 Å². The van der Waals surface area contributed by atoms with Crippen LogP contribution < -0.4 is 20.3 Å². The van der Waals surface area contributed by atoms with Crippen LogP contribution in [0.4, 0.5) is 0 Å². The summed E-state index contributed by atoms with van der Waals surface area (Å²) in [5.41, 5.74) is -0.547. The average molecular weight is 533 g/mol. The summed E-state index contributed by atoms with van der Waals surface area (Å²) in [6, 6.07) is 7.30. The number of benzene rings is 1. The number of aromatic nitrogens is 2. The minimum Gasteiger partial charge on any atom is -0.486 e. The smallest absolute Gasteiger partial charge is 0.263 e. The molecule has 0 aliphatic carbocycles. The highest BCUT2D eigenvalue weighted by Crippen LogP contribution is 2.34. The number of rotatable bonds is 6. The van der Waals surface area contributed by atoms with Gasteiger partial charge in [-0.25, -0.2) is 13.4 Å². The third kappa shape index (κ3) is 4.72. The molecule has 0 bridgehead atoms. The fourth-order valence-corrected chi connectivity index (χ4v) is 7.63. The third-order valence-corrected chi connectivity index (χ3v) is 9.76. The Labute approximate surface area is 212 Å². The number of sulfonamides is 1. The monoisotopic (exact) mass is 532 g/mol. The molecule has 36 heavy (non-hydrogen) atoms. The minimum absolute atomic E-state index is 0.00994. The fourth-order valence-electron chi connectivity index (χ4n) is 4.49. The highest BCUT2D eigenvalue weighted by Gasteiger charge is 2.33. The van der Waals surface area contributed by atoms with Gasteiger partial charge in [0.15, 0.2) is 11.5 Å². The molecule has 10 nitrogen and oxygen atoms in total. The molecule has 12 heteroatoms. The first-order chi connectivity index (χ1) is 17.2. The molecule has 2 aliphatic heterocycles. The predicted molar refractivity (Wildman–Crippen MR) is 135 cm³/mol. The molecule has 5 rings (SSSR count). The Kier molecular flexibility index (Phi) is 6.75. The van der Waals surface area contributed by atoms with Crippen molar-refractivity contribution in [3.05, 3.63) is 45.8 Å². The number of hydrogen-bond acceptors (Lipinski definition) is 8. The zero-order valence-electron chi connectivity index (χ0n) is 20.1. The summed E-state index contributed by atoms with van der Waals surface area (Å²) < 4.78 is 41.1. The van der Waals surface area contributed by atoms with Gasteiger partial charge in [-0.15, -0.1) is 11.3 Å². The van der Waals surface area contributed by atoms with Crippen molar-refractivity contribution in [1.82, 2.24) is 19.2 Å². The summed E-state index contributed by atoms with van der Waals surface area (Å²) in [6.45, 7) is 4.84. The maximum atomic E-state index is 13.5. The summed E-state index contributed by atoms with van der Waals surface area (Å²) in [7, 11) is -3.86. The van der Waals surface area contributed by atoms with E-state index in [-0.39, 0.29) is 36.1 Å². The second kappa shape index (κ2) is 9.83. The zero-order chi connectivity index (χ0) is 25.4. The Morgan fingerprint density at radius 3 is 2.69 bits per heavy atom. The molecular formula is C24H28N4O6S2. The number of nitrogens with zero attached hydrogens (tertiary/aromatic N) is 3. The van der Waals surface area contributed by atoms with Crippen molar-refractivity contribution < 1.29 is 22.7 Å². The number of piperidine rings is 1. The number of ether oxygens (including phenoxy) is 2. The summed E-state index contributed by atoms with van der Waals surface area (Å²) in [4.78, 5) is 31.2. The van der Waals surface area contributed by atoms with E-state index in [9.17, 15) is 18.0 Å². The van der Waals surface area contributed by atoms with Crippen molar-refractivity contribution >= 4 is 37.5 Å². The SMILES string of the molecule is Cc1sc2ncn(CC(=O)NCC3COc4ccccc4O3)c(=O)c2c1S(=O)(=O)N1CCC(C)CC1. The molecule has 0 radical (unpaired) electrons. The third-order valence-electron chi connectivity index (χ3n) is 6.55. The second-order valence-electron chi connectivity index (χ2n) is 9.23. The Balaban J connectivity index is 1.32. The Morgan fingerprint density at radius 1 is 1.22 bits per heavy atom. The lowest BCUT2D eigenvalue weighted by Gasteiger charge is -2.29. The van der Waals surface area contributed by atoms with Gasteiger partial charge in [-0.2, -0.15) is 4.31 Å². The first-order valence-corrected chi connectivity index (χ1v) is 14.1. The van der Waals surface area contributed by atoms with Gasteiger partial charge in [-0.05, 0) is 37.8 Å². The lowest BCUT2D eigenvalue weighted by Crippen LogP contribution is -2.42. The molecule has 1 N–H and O–H groups in total. The number of carbonyl (C=O) groups excluding carboxylic acids is 1. The van der Waals surface area contributed by atoms with Crippen LogP contribution in [-0.4, -0.2) is 60.5 Å². The van der Waals surface area contributed by atoms with Gasteiger partial charge >= 0.3 is 0 Å². The number of amides is 1. The van der Waals surface area contributed by atoms with Gasteiger partial charge in [0.1, 0.15) is 29.0 Å². The number of thiophene rings is 1. The molecule has 1 atom stereocenters. The molecule has 1 saturated heterocycles. The number of nitrogens with one attached hydrogen (secondary N) is 1. The number of para-hydroxylation sites is 2. The number of fused-ring (bicyclic) bond motifs is 2. The first-order valence-electron chi connectivity index (χ1n) is 11.9. The fraction of sp³-hybridized carbons (Fsp3) is 0.458. The van der Waals surface area contributed by atoms with Gasteiger partial charge in [0.05, 0.1) is 18.3 Å². The van der Waals surface area contributed by atoms with Crippen molar-refractivity contribution in [1.29, 1.82) is 0 Å². The summed E-state index contributed by atoms with van der Waals surface area (Å²) in [5, 5.41) is 2.81. The standard InChI is InChI=1S/C24H28N4O6S2/c1-15-7-9-28(10-8-15)36(31,32)22-16(2)35-23-21(22)24(30)27(14-26-23)12-20(29)25-11-17-13-33-18-5-3-4-6-19(18)34-17/h3-6,14-15,17H,7-13H2,1-2H3,(H,25,29). The Morgan fingerprint density at radius 2 is 1.94 bits per heavy atom. The molecule has 1 unspecified atom stereocenters.